The molecular formula is C40H36N2O. The zero-order chi connectivity index (χ0) is 29.1. The van der Waals surface area contributed by atoms with E-state index in [1.807, 2.05) is 7.11 Å². The number of hydrogen-bond donors (Lipinski definition) is 0. The Bertz CT molecular complexity index is 1680. The van der Waals surface area contributed by atoms with Crippen molar-refractivity contribution in [2.75, 3.05) is 7.11 Å². The van der Waals surface area contributed by atoms with E-state index in [0.29, 0.717) is 5.92 Å². The van der Waals surface area contributed by atoms with Gasteiger partial charge < -0.3 is 9.30 Å². The van der Waals surface area contributed by atoms with Gasteiger partial charge in [-0.15, -0.1) is 0 Å². The van der Waals surface area contributed by atoms with Gasteiger partial charge >= 0.3 is 0 Å². The fraction of sp³-hybridized carbons (Fsp3) is 0.175. The molecule has 0 saturated carbocycles. The second-order valence-electron chi connectivity index (χ2n) is 11.4. The number of hydrogen-bond acceptors (Lipinski definition) is 2. The normalized spacial score (nSPS) is 15.5. The van der Waals surface area contributed by atoms with Crippen molar-refractivity contribution in [2.45, 2.75) is 30.9 Å². The molecule has 5 aromatic carbocycles. The fourth-order valence-corrected chi connectivity index (χ4v) is 7.22. The molecule has 0 amide bonds. The van der Waals surface area contributed by atoms with Crippen molar-refractivity contribution in [3.8, 4) is 11.1 Å². The number of rotatable bonds is 8. The highest BCUT2D eigenvalue weighted by Gasteiger charge is 2.42. The van der Waals surface area contributed by atoms with Crippen molar-refractivity contribution in [1.82, 2.24) is 9.55 Å². The van der Waals surface area contributed by atoms with E-state index in [1.165, 1.54) is 44.8 Å². The van der Waals surface area contributed by atoms with Gasteiger partial charge in [0.15, 0.2) is 0 Å². The molecule has 0 fully saturated rings. The molecule has 212 valence electrons. The standard InChI is InChI=1S/C40H36N2O/c1-43-39(36-25-15-14-24-35(36)30-16-6-2-7-17-30)31-26-27-38-37(28-31)41-29-42(38)40(32-18-8-3-9-19-32,33-20-10-4-11-21-33)34-22-12-5-13-23-34/h2-25,29,31,39H,26-28H2,1H3. The first-order chi connectivity index (χ1) is 21.3. The van der Waals surface area contributed by atoms with E-state index in [1.54, 1.807) is 0 Å². The van der Waals surface area contributed by atoms with E-state index in [9.17, 15) is 0 Å². The maximum absolute atomic E-state index is 6.30. The van der Waals surface area contributed by atoms with E-state index < -0.39 is 5.54 Å². The molecule has 3 heteroatoms. The summed E-state index contributed by atoms with van der Waals surface area (Å²) in [6, 6.07) is 52.0. The summed E-state index contributed by atoms with van der Waals surface area (Å²) in [6.45, 7) is 0. The maximum atomic E-state index is 6.30. The molecule has 1 heterocycles. The Balaban J connectivity index is 1.33. The minimum atomic E-state index is -0.544. The summed E-state index contributed by atoms with van der Waals surface area (Å²) in [4.78, 5) is 5.15. The lowest BCUT2D eigenvalue weighted by atomic mass is 9.75. The largest absolute Gasteiger partial charge is 0.376 e. The molecule has 0 saturated heterocycles. The molecule has 0 N–H and O–H groups in total. The highest BCUT2D eigenvalue weighted by Crippen LogP contribution is 2.45. The summed E-state index contributed by atoms with van der Waals surface area (Å²) in [5.74, 6) is 0.324. The highest BCUT2D eigenvalue weighted by molar-refractivity contribution is 5.68. The minimum absolute atomic E-state index is 0.0168. The Morgan fingerprint density at radius 3 is 1.74 bits per heavy atom. The van der Waals surface area contributed by atoms with Crippen molar-refractivity contribution in [3.63, 3.8) is 0 Å². The lowest BCUT2D eigenvalue weighted by Gasteiger charge is -2.40. The number of benzene rings is 5. The first-order valence-corrected chi connectivity index (χ1v) is 15.2. The third-order valence-electron chi connectivity index (χ3n) is 9.13. The lowest BCUT2D eigenvalue weighted by molar-refractivity contribution is 0.0449. The number of aromatic nitrogens is 2. The van der Waals surface area contributed by atoms with Crippen LogP contribution in [0.5, 0.6) is 0 Å². The summed E-state index contributed by atoms with van der Waals surface area (Å²) in [5.41, 5.74) is 9.31. The summed E-state index contributed by atoms with van der Waals surface area (Å²) in [5, 5.41) is 0. The van der Waals surface area contributed by atoms with Gasteiger partial charge in [-0.3, -0.25) is 0 Å². The topological polar surface area (TPSA) is 27.1 Å². The van der Waals surface area contributed by atoms with Gasteiger partial charge in [-0.05, 0) is 58.6 Å². The van der Waals surface area contributed by atoms with Gasteiger partial charge in [0.05, 0.1) is 18.1 Å². The third-order valence-corrected chi connectivity index (χ3v) is 9.13. The molecule has 6 aromatic rings. The van der Waals surface area contributed by atoms with Gasteiger partial charge in [-0.2, -0.15) is 0 Å². The lowest BCUT2D eigenvalue weighted by Crippen LogP contribution is -2.39. The zero-order valence-electron chi connectivity index (χ0n) is 24.5. The summed E-state index contributed by atoms with van der Waals surface area (Å²) in [7, 11) is 1.85. The summed E-state index contributed by atoms with van der Waals surface area (Å²) < 4.78 is 8.76. The molecule has 3 nitrogen and oxygen atoms in total. The van der Waals surface area contributed by atoms with Crippen LogP contribution < -0.4 is 0 Å². The van der Waals surface area contributed by atoms with Crippen LogP contribution in [0.15, 0.2) is 152 Å². The van der Waals surface area contributed by atoms with E-state index in [2.05, 4.69) is 156 Å². The van der Waals surface area contributed by atoms with Gasteiger partial charge in [-0.1, -0.05) is 146 Å². The average Bonchev–Trinajstić information content (AvgIpc) is 3.51. The smallest absolute Gasteiger partial charge is 0.121 e. The van der Waals surface area contributed by atoms with E-state index >= 15 is 0 Å². The fourth-order valence-electron chi connectivity index (χ4n) is 7.22. The second-order valence-corrected chi connectivity index (χ2v) is 11.4. The van der Waals surface area contributed by atoms with E-state index in [0.717, 1.165) is 19.3 Å². The van der Waals surface area contributed by atoms with Crippen molar-refractivity contribution in [3.05, 3.63) is 186 Å². The van der Waals surface area contributed by atoms with E-state index in [4.69, 9.17) is 9.72 Å². The molecule has 0 spiro atoms. The Hall–Kier alpha value is -4.73. The molecule has 7 rings (SSSR count). The maximum Gasteiger partial charge on any atom is 0.121 e. The van der Waals surface area contributed by atoms with Crippen LogP contribution in [0.25, 0.3) is 11.1 Å². The number of imidazole rings is 1. The van der Waals surface area contributed by atoms with E-state index in [-0.39, 0.29) is 6.10 Å². The van der Waals surface area contributed by atoms with Crippen LogP contribution in [0.1, 0.15) is 46.2 Å². The molecule has 2 atom stereocenters. The molecule has 0 radical (unpaired) electrons. The van der Waals surface area contributed by atoms with Crippen LogP contribution in [-0.4, -0.2) is 16.7 Å². The van der Waals surface area contributed by atoms with Crippen LogP contribution in [0, 0.1) is 5.92 Å². The molecule has 43 heavy (non-hydrogen) atoms. The zero-order valence-corrected chi connectivity index (χ0v) is 24.5. The van der Waals surface area contributed by atoms with Gasteiger partial charge in [0.1, 0.15) is 5.54 Å². The van der Waals surface area contributed by atoms with Gasteiger partial charge in [0, 0.05) is 12.8 Å². The summed E-state index contributed by atoms with van der Waals surface area (Å²) in [6.07, 6.45) is 4.89. The Labute approximate surface area is 254 Å². The predicted octanol–water partition coefficient (Wildman–Crippen LogP) is 8.88. The Morgan fingerprint density at radius 2 is 1.19 bits per heavy atom. The summed E-state index contributed by atoms with van der Waals surface area (Å²) >= 11 is 0. The number of fused-ring (bicyclic) bond motifs is 1. The quantitative estimate of drug-likeness (QED) is 0.174. The number of methoxy groups -OCH3 is 1. The molecule has 0 bridgehead atoms. The third kappa shape index (κ3) is 4.80. The molecule has 0 aliphatic heterocycles. The molecule has 1 aromatic heterocycles. The highest BCUT2D eigenvalue weighted by atomic mass is 16.5. The number of ether oxygens (including phenoxy) is 1. The Morgan fingerprint density at radius 1 is 0.674 bits per heavy atom. The van der Waals surface area contributed by atoms with Crippen LogP contribution in [0.2, 0.25) is 0 Å². The average molecular weight is 561 g/mol. The van der Waals surface area contributed by atoms with Crippen molar-refractivity contribution in [1.29, 1.82) is 0 Å². The van der Waals surface area contributed by atoms with Crippen molar-refractivity contribution in [2.24, 2.45) is 5.92 Å². The van der Waals surface area contributed by atoms with Crippen LogP contribution in [-0.2, 0) is 23.1 Å². The predicted molar refractivity (Wildman–Crippen MR) is 174 cm³/mol. The van der Waals surface area contributed by atoms with Crippen LogP contribution in [0.4, 0.5) is 0 Å². The Kier molecular flexibility index (Phi) is 7.49. The second kappa shape index (κ2) is 11.9. The first-order valence-electron chi connectivity index (χ1n) is 15.2. The molecule has 1 aliphatic rings. The van der Waals surface area contributed by atoms with Crippen LogP contribution >= 0.6 is 0 Å². The van der Waals surface area contributed by atoms with Crippen LogP contribution in [0.3, 0.4) is 0 Å². The monoisotopic (exact) mass is 560 g/mol. The SMILES string of the molecule is COC(c1ccccc1-c1ccccc1)C1CCc2c(ncn2C(c2ccccc2)(c2ccccc2)c2ccccc2)C1. The molecule has 2 unspecified atom stereocenters. The minimum Gasteiger partial charge on any atom is -0.376 e. The van der Waals surface area contributed by atoms with Gasteiger partial charge in [0.25, 0.3) is 0 Å². The van der Waals surface area contributed by atoms with Crippen molar-refractivity contribution < 1.29 is 4.74 Å². The molecular weight excluding hydrogens is 524 g/mol. The van der Waals surface area contributed by atoms with Gasteiger partial charge in [-0.25, -0.2) is 4.98 Å². The molecule has 1 aliphatic carbocycles. The first kappa shape index (κ1) is 27.1. The van der Waals surface area contributed by atoms with Gasteiger partial charge in [0.2, 0.25) is 0 Å². The number of nitrogens with zero attached hydrogens (tertiary/aromatic N) is 2. The van der Waals surface area contributed by atoms with Crippen molar-refractivity contribution >= 4 is 0 Å².